The first-order valence-electron chi connectivity index (χ1n) is 45.6. The summed E-state index contributed by atoms with van der Waals surface area (Å²) in [5, 5.41) is 83.9. The Morgan fingerprint density at radius 1 is 0.592 bits per heavy atom. The molecular weight excluding hydrogens is 1580 g/mol. The highest BCUT2D eigenvalue weighted by atomic mass is 31.2. The number of rotatable bonds is 52. The molecule has 1 aromatic carbocycles. The molecule has 4 saturated heterocycles. The fourth-order valence-electron chi connectivity index (χ4n) is 17.1. The van der Waals surface area contributed by atoms with Crippen LogP contribution in [0.1, 0.15) is 306 Å². The van der Waals surface area contributed by atoms with Crippen LogP contribution in [0.25, 0.3) is 11.0 Å². The highest BCUT2D eigenvalue weighted by molar-refractivity contribution is 7.45. The number of nitrogens with zero attached hydrogens (tertiary/aromatic N) is 3. The monoisotopic (exact) mass is 1730 g/mol. The van der Waals surface area contributed by atoms with E-state index < -0.39 is 184 Å². The van der Waals surface area contributed by atoms with Crippen LogP contribution in [-0.2, 0) is 80.1 Å². The number of hydrogen-bond acceptors (Lipinski definition) is 30. The third-order valence-electron chi connectivity index (χ3n) is 24.0. The maximum Gasteiger partial charge on any atom is 0.408 e. The number of esters is 2. The number of hydrogen-bond donors (Lipinski definition) is 9. The van der Waals surface area contributed by atoms with Gasteiger partial charge in [0.05, 0.1) is 43.5 Å². The summed E-state index contributed by atoms with van der Waals surface area (Å²) in [4.78, 5) is 83.3. The molecule has 0 radical (unpaired) electrons. The van der Waals surface area contributed by atoms with Crippen molar-refractivity contribution in [3.63, 3.8) is 0 Å². The molecule has 120 heavy (non-hydrogen) atoms. The summed E-state index contributed by atoms with van der Waals surface area (Å²) in [6.07, 6.45) is 6.75. The van der Waals surface area contributed by atoms with Gasteiger partial charge in [0.25, 0.3) is 7.82 Å². The average Bonchev–Trinajstić information content (AvgIpc) is 1.56. The van der Waals surface area contributed by atoms with Crippen molar-refractivity contribution in [3.05, 3.63) is 22.2 Å². The van der Waals surface area contributed by atoms with Crippen molar-refractivity contribution in [2.45, 2.75) is 427 Å². The lowest BCUT2D eigenvalue weighted by molar-refractivity contribution is -0.894. The summed E-state index contributed by atoms with van der Waals surface area (Å²) in [7, 11) is -5.75. The molecule has 7 fully saturated rings. The number of nitro benzene ring substituents is 1. The van der Waals surface area contributed by atoms with E-state index in [0.717, 1.165) is 70.6 Å². The number of phosphoric acid groups is 1. The quantitative estimate of drug-likeness (QED) is 0.00742. The molecule has 2 aromatic rings. The number of carbonyl (C=O) groups is 4. The van der Waals surface area contributed by atoms with E-state index in [4.69, 9.17) is 65.8 Å². The Morgan fingerprint density at radius 2 is 1.07 bits per heavy atom. The smallest absolute Gasteiger partial charge is 0.408 e. The molecule has 7 aliphatic rings. The van der Waals surface area contributed by atoms with E-state index in [1.54, 1.807) is 25.7 Å². The number of carbonyl (C=O) groups excluding carboxylic acids is 4. The highest BCUT2D eigenvalue weighted by Gasteiger charge is 2.69. The van der Waals surface area contributed by atoms with Gasteiger partial charge in [-0.15, -0.1) is 0 Å². The first-order chi connectivity index (χ1) is 57.7. The van der Waals surface area contributed by atoms with Gasteiger partial charge >= 0.3 is 23.7 Å². The Labute approximate surface area is 709 Å². The zero-order valence-electron chi connectivity index (χ0n) is 72.7. The van der Waals surface area contributed by atoms with Crippen LogP contribution in [0, 0.1) is 10.1 Å². The Balaban J connectivity index is 0.00000245. The maximum absolute atomic E-state index is 15.1. The van der Waals surface area contributed by atoms with Crippen molar-refractivity contribution in [2.75, 3.05) is 57.9 Å². The molecule has 0 bridgehead atoms. The number of amides is 2. The van der Waals surface area contributed by atoms with Crippen LogP contribution in [0.5, 0.6) is 0 Å². The standard InChI is InChI=1S/C79H131N6O27P.C6H15N/c1-6-8-10-12-14-16-18-20-22-24-26-28-32-38-58(88)99-50-52(101-59(89)39-33-29-27-25-23-21-19-17-15-13-11-9-7-2)51-100-113(97,98)111-73-68(69-70(107-78(106-69)43-34-30-35-44-78)71-72(73)109-79(108-71)45-36-31-37-46-79)105-74-62(82-76(94)110-77(3,4)5)64(91)67(104-75-66(93)65(92)63(90)56(49-86)103-75)55(102-74)48-81-57(87)42-47-80-53-40-41-54(85(95)96)61-60(53)83-112-84-61;1-4-7(5-2)6-3/h40-41,52,55-56,62-75,80,86,90-93H,6-39,42-51H2,1-5H3,(H,81,87)(H,82,94)(H,97,98);4-6H2,1-3H3/t52-,55-,56-,62-,63-,64-,65+,66+,67-,68-,69-,70+,71-,72-,73+,74-,75-;/m1./s1. The molecule has 34 nitrogen and oxygen atoms in total. The molecule has 1 unspecified atom stereocenters. The highest BCUT2D eigenvalue weighted by Crippen LogP contribution is 2.56. The number of aliphatic hydroxyl groups is 5. The maximum atomic E-state index is 15.1. The van der Waals surface area contributed by atoms with Gasteiger partial charge in [-0.05, 0) is 96.4 Å². The van der Waals surface area contributed by atoms with Gasteiger partial charge in [-0.3, -0.25) is 29.1 Å². The number of phosphoric ester groups is 1. The van der Waals surface area contributed by atoms with E-state index in [9.17, 15) is 54.8 Å². The summed E-state index contributed by atoms with van der Waals surface area (Å²) in [5.41, 5.74) is -1.41. The fraction of sp³-hybridized carbons (Fsp3) is 0.882. The van der Waals surface area contributed by atoms with Gasteiger partial charge in [0.1, 0.15) is 97.6 Å². The van der Waals surface area contributed by atoms with Crippen molar-refractivity contribution >= 4 is 54.2 Å². The molecule has 2 spiro atoms. The van der Waals surface area contributed by atoms with Gasteiger partial charge < -0.3 is 112 Å². The average molecular weight is 1730 g/mol. The second-order valence-electron chi connectivity index (χ2n) is 34.6. The minimum atomic E-state index is -5.75. The summed E-state index contributed by atoms with van der Waals surface area (Å²) in [6, 6.07) is 0.716. The van der Waals surface area contributed by atoms with Gasteiger partial charge in [0.2, 0.25) is 11.4 Å². The van der Waals surface area contributed by atoms with Crippen LogP contribution in [0.4, 0.5) is 16.2 Å². The molecule has 9 N–H and O–H groups in total. The molecule has 4 aliphatic heterocycles. The zero-order valence-corrected chi connectivity index (χ0v) is 73.6. The topological polar surface area (TPSA) is 452 Å². The summed E-state index contributed by atoms with van der Waals surface area (Å²) < 4.78 is 103. The molecule has 1 aromatic heterocycles. The number of ether oxygens (including phenoxy) is 11. The minimum absolute atomic E-state index is 0.00753. The Morgan fingerprint density at radius 3 is 1.57 bits per heavy atom. The number of anilines is 1. The lowest BCUT2D eigenvalue weighted by Crippen LogP contribution is -3.11. The van der Waals surface area contributed by atoms with Crippen molar-refractivity contribution in [1.82, 2.24) is 20.9 Å². The molecular formula is C85H146N7O27P. The van der Waals surface area contributed by atoms with Crippen molar-refractivity contribution in [1.29, 1.82) is 0 Å². The largest absolute Gasteiger partial charge is 0.756 e. The van der Waals surface area contributed by atoms with Crippen molar-refractivity contribution in [2.24, 2.45) is 0 Å². The molecule has 18 atom stereocenters. The number of aromatic nitrogens is 2. The van der Waals surface area contributed by atoms with Gasteiger partial charge in [-0.25, -0.2) is 9.42 Å². The molecule has 5 heterocycles. The minimum Gasteiger partial charge on any atom is -0.756 e. The van der Waals surface area contributed by atoms with E-state index in [1.165, 1.54) is 128 Å². The molecule has 688 valence electrons. The van der Waals surface area contributed by atoms with Crippen LogP contribution < -0.4 is 25.7 Å². The normalized spacial score (nSPS) is 27.7. The number of fused-ring (bicyclic) bond motifs is 4. The van der Waals surface area contributed by atoms with Crippen molar-refractivity contribution in [3.8, 4) is 0 Å². The van der Waals surface area contributed by atoms with E-state index in [1.807, 2.05) is 0 Å². The predicted octanol–water partition coefficient (Wildman–Crippen LogP) is 10.7. The van der Waals surface area contributed by atoms with Gasteiger partial charge in [-0.1, -0.05) is 181 Å². The zero-order chi connectivity index (χ0) is 86.7. The third-order valence-corrected chi connectivity index (χ3v) is 25.0. The third kappa shape index (κ3) is 31.6. The predicted molar refractivity (Wildman–Crippen MR) is 440 cm³/mol. The SMILES string of the molecule is CCCCCCCCCCCCCCCC(=O)OC[C@H](COP(=O)([O-])O[C@H]1[C@H](O[C@H]2O[C@H](CNC(=O)CCNc3ccc([N+](=O)[O-])c4nonc34)[C@@H](O[C@H]3O[C@H](CO)[C@@H](O)[C@H](O)[C@@H]3O)[C@H](O)[C@H]2NC(=O)OC(C)(C)C)[C@H]2OC3(CCCCC3)O[C@@H]2[C@H]2OC3(CCCCC3)O[C@H]21)OC(=O)CCCCCCCCCCCCCCC.CC[NH+](CC)CC. The number of alkyl carbamates (subject to hydrolysis) is 1. The van der Waals surface area contributed by atoms with Crippen LogP contribution in [-0.4, -0.2) is 239 Å². The lowest BCUT2D eigenvalue weighted by atomic mass is 9.84. The molecule has 2 amide bonds. The number of benzene rings is 1. The van der Waals surface area contributed by atoms with Crippen LogP contribution in [0.2, 0.25) is 0 Å². The lowest BCUT2D eigenvalue weighted by Gasteiger charge is -2.50. The summed E-state index contributed by atoms with van der Waals surface area (Å²) >= 11 is 0. The number of unbranched alkanes of at least 4 members (excludes halogenated alkanes) is 24. The van der Waals surface area contributed by atoms with E-state index in [0.29, 0.717) is 64.2 Å². The van der Waals surface area contributed by atoms with Crippen LogP contribution >= 0.6 is 7.82 Å². The van der Waals surface area contributed by atoms with Gasteiger partial charge in [-0.2, -0.15) is 0 Å². The number of nitrogens with one attached hydrogen (secondary N) is 4. The Kier molecular flexibility index (Phi) is 43.2. The fourth-order valence-corrected chi connectivity index (χ4v) is 18.1. The van der Waals surface area contributed by atoms with E-state index >= 15 is 9.46 Å². The Bertz CT molecular complexity index is 3350. The second-order valence-corrected chi connectivity index (χ2v) is 36.0. The summed E-state index contributed by atoms with van der Waals surface area (Å²) in [6.45, 7) is 16.7. The van der Waals surface area contributed by atoms with Gasteiger partial charge in [0.15, 0.2) is 35.8 Å². The molecule has 35 heteroatoms. The molecule has 9 rings (SSSR count). The van der Waals surface area contributed by atoms with Crippen LogP contribution in [0.15, 0.2) is 16.8 Å². The first-order valence-corrected chi connectivity index (χ1v) is 47.0. The molecule has 3 saturated carbocycles. The number of nitro groups is 1. The first kappa shape index (κ1) is 100. The van der Waals surface area contributed by atoms with E-state index in [2.05, 4.69) is 60.9 Å². The van der Waals surface area contributed by atoms with Crippen LogP contribution in [0.3, 0.4) is 0 Å². The van der Waals surface area contributed by atoms with E-state index in [-0.39, 0.29) is 48.2 Å². The van der Waals surface area contributed by atoms with Gasteiger partial charge in [0, 0.05) is 64.1 Å². The Hall–Kier alpha value is -4.95. The number of aliphatic hydroxyl groups excluding tert-OH is 5. The number of quaternary nitrogens is 1. The molecule has 3 aliphatic carbocycles. The summed E-state index contributed by atoms with van der Waals surface area (Å²) in [5.74, 6) is -4.42. The van der Waals surface area contributed by atoms with Crippen molar-refractivity contribution < 1.29 is 130 Å². The number of non-ortho nitro benzene ring substituents is 1. The second kappa shape index (κ2) is 51.6.